The van der Waals surface area contributed by atoms with E-state index in [0.29, 0.717) is 31.0 Å². The van der Waals surface area contributed by atoms with Crippen molar-refractivity contribution < 1.29 is 0 Å². The maximum Gasteiger partial charge on any atom is 0.0640 e. The van der Waals surface area contributed by atoms with E-state index >= 15 is 0 Å². The zero-order valence-electron chi connectivity index (χ0n) is 8.86. The Kier molecular flexibility index (Phi) is 5.19. The van der Waals surface area contributed by atoms with Gasteiger partial charge < -0.3 is 4.90 Å². The van der Waals surface area contributed by atoms with E-state index in [4.69, 9.17) is 22.1 Å². The lowest BCUT2D eigenvalue weighted by molar-refractivity contribution is 0.796. The van der Waals surface area contributed by atoms with Crippen molar-refractivity contribution in [1.29, 1.82) is 10.5 Å². The Morgan fingerprint density at radius 1 is 1.06 bits per heavy atom. The molecule has 0 saturated heterocycles. The molecule has 0 bridgehead atoms. The maximum atomic E-state index is 8.58. The van der Waals surface area contributed by atoms with Gasteiger partial charge in [0.05, 0.1) is 35.7 Å². The van der Waals surface area contributed by atoms with Crippen molar-refractivity contribution in [2.75, 3.05) is 18.0 Å². The van der Waals surface area contributed by atoms with Crippen molar-refractivity contribution in [3.8, 4) is 12.1 Å². The number of halogens is 1. The first-order chi connectivity index (χ1) is 7.79. The summed E-state index contributed by atoms with van der Waals surface area (Å²) in [5, 5.41) is 17.8. The summed E-state index contributed by atoms with van der Waals surface area (Å²) in [4.78, 5) is 1.97. The van der Waals surface area contributed by atoms with Gasteiger partial charge in [-0.2, -0.15) is 10.5 Å². The normalized spacial score (nSPS) is 9.19. The molecule has 1 aromatic rings. The minimum Gasteiger partial charge on any atom is -0.368 e. The topological polar surface area (TPSA) is 50.8 Å². The van der Waals surface area contributed by atoms with Crippen LogP contribution >= 0.6 is 11.6 Å². The van der Waals surface area contributed by atoms with Gasteiger partial charge in [-0.05, 0) is 12.1 Å². The molecule has 0 atom stereocenters. The molecule has 0 N–H and O–H groups in total. The first-order valence-corrected chi connectivity index (χ1v) is 5.40. The standard InChI is InChI=1S/C12H12ClN3/c13-11-5-1-2-6-12(11)16(9-3-7-14)10-4-8-15/h1-2,5-6H,3-4,9-10H2. The van der Waals surface area contributed by atoms with Gasteiger partial charge in [-0.1, -0.05) is 23.7 Å². The van der Waals surface area contributed by atoms with Crippen LogP contribution in [0.15, 0.2) is 24.3 Å². The second-order valence-corrected chi connectivity index (χ2v) is 3.66. The summed E-state index contributed by atoms with van der Waals surface area (Å²) in [7, 11) is 0. The molecule has 0 amide bonds. The van der Waals surface area contributed by atoms with E-state index in [0.717, 1.165) is 5.69 Å². The highest BCUT2D eigenvalue weighted by atomic mass is 35.5. The third-order valence-corrected chi connectivity index (χ3v) is 2.50. The lowest BCUT2D eigenvalue weighted by atomic mass is 10.2. The molecule has 0 heterocycles. The monoisotopic (exact) mass is 233 g/mol. The Bertz CT molecular complexity index is 399. The van der Waals surface area contributed by atoms with Gasteiger partial charge in [0.15, 0.2) is 0 Å². The van der Waals surface area contributed by atoms with E-state index in [2.05, 4.69) is 12.1 Å². The number of nitrogens with zero attached hydrogens (tertiary/aromatic N) is 3. The second-order valence-electron chi connectivity index (χ2n) is 3.25. The molecule has 0 spiro atoms. The molecule has 1 rings (SSSR count). The number of para-hydroxylation sites is 1. The van der Waals surface area contributed by atoms with E-state index in [9.17, 15) is 0 Å². The van der Waals surface area contributed by atoms with E-state index in [1.165, 1.54) is 0 Å². The molecule has 82 valence electrons. The van der Waals surface area contributed by atoms with Crippen LogP contribution in [-0.4, -0.2) is 13.1 Å². The van der Waals surface area contributed by atoms with Gasteiger partial charge in [0, 0.05) is 13.1 Å². The third kappa shape index (κ3) is 3.46. The van der Waals surface area contributed by atoms with Crippen molar-refractivity contribution in [2.45, 2.75) is 12.8 Å². The van der Waals surface area contributed by atoms with Gasteiger partial charge in [0.2, 0.25) is 0 Å². The summed E-state index contributed by atoms with van der Waals surface area (Å²) < 4.78 is 0. The third-order valence-electron chi connectivity index (χ3n) is 2.18. The molecule has 0 radical (unpaired) electrons. The lowest BCUT2D eigenvalue weighted by Crippen LogP contribution is -2.25. The molecule has 1 aromatic carbocycles. The molecular formula is C12H12ClN3. The fraction of sp³-hybridized carbons (Fsp3) is 0.333. The van der Waals surface area contributed by atoms with Crippen LogP contribution in [0.1, 0.15) is 12.8 Å². The molecule has 0 unspecified atom stereocenters. The van der Waals surface area contributed by atoms with Gasteiger partial charge in [-0.25, -0.2) is 0 Å². The van der Waals surface area contributed by atoms with Crippen molar-refractivity contribution in [3.63, 3.8) is 0 Å². The van der Waals surface area contributed by atoms with Crippen LogP contribution < -0.4 is 4.90 Å². The Hall–Kier alpha value is -1.71. The van der Waals surface area contributed by atoms with Gasteiger partial charge in [-0.3, -0.25) is 0 Å². The van der Waals surface area contributed by atoms with Crippen LogP contribution in [0.4, 0.5) is 5.69 Å². The Morgan fingerprint density at radius 3 is 2.12 bits per heavy atom. The Balaban J connectivity index is 2.80. The molecule has 0 aromatic heterocycles. The summed E-state index contributed by atoms with van der Waals surface area (Å²) in [6.07, 6.45) is 0.854. The highest BCUT2D eigenvalue weighted by molar-refractivity contribution is 6.33. The van der Waals surface area contributed by atoms with Crippen molar-refractivity contribution in [1.82, 2.24) is 0 Å². The van der Waals surface area contributed by atoms with Gasteiger partial charge >= 0.3 is 0 Å². The lowest BCUT2D eigenvalue weighted by Gasteiger charge is -2.23. The molecular weight excluding hydrogens is 222 g/mol. The van der Waals surface area contributed by atoms with Gasteiger partial charge in [0.1, 0.15) is 0 Å². The maximum absolute atomic E-state index is 8.58. The summed E-state index contributed by atoms with van der Waals surface area (Å²) in [5.74, 6) is 0. The quantitative estimate of drug-likeness (QED) is 0.786. The zero-order valence-corrected chi connectivity index (χ0v) is 9.61. The van der Waals surface area contributed by atoms with Crippen molar-refractivity contribution in [2.24, 2.45) is 0 Å². The number of benzene rings is 1. The van der Waals surface area contributed by atoms with Gasteiger partial charge in [0.25, 0.3) is 0 Å². The second kappa shape index (κ2) is 6.71. The van der Waals surface area contributed by atoms with Crippen LogP contribution in [0.25, 0.3) is 0 Å². The summed E-state index contributed by atoms with van der Waals surface area (Å²) in [6.45, 7) is 1.20. The number of rotatable bonds is 5. The summed E-state index contributed by atoms with van der Waals surface area (Å²) in [6, 6.07) is 11.7. The zero-order chi connectivity index (χ0) is 11.8. The summed E-state index contributed by atoms with van der Waals surface area (Å²) >= 11 is 6.07. The Labute approximate surface area is 100 Å². The van der Waals surface area contributed by atoms with Crippen molar-refractivity contribution in [3.05, 3.63) is 29.3 Å². The molecule has 0 saturated carbocycles. The SMILES string of the molecule is N#CCCN(CCC#N)c1ccccc1Cl. The van der Waals surface area contributed by atoms with Crippen LogP contribution in [0.3, 0.4) is 0 Å². The smallest absolute Gasteiger partial charge is 0.0640 e. The van der Waals surface area contributed by atoms with Gasteiger partial charge in [-0.15, -0.1) is 0 Å². The highest BCUT2D eigenvalue weighted by Gasteiger charge is 2.08. The predicted octanol–water partition coefficient (Wildman–Crippen LogP) is 2.97. The molecule has 3 nitrogen and oxygen atoms in total. The number of anilines is 1. The fourth-order valence-corrected chi connectivity index (χ4v) is 1.69. The van der Waals surface area contributed by atoms with E-state index in [-0.39, 0.29) is 0 Å². The van der Waals surface area contributed by atoms with E-state index in [1.54, 1.807) is 0 Å². The molecule has 0 aliphatic rings. The first kappa shape index (κ1) is 12.4. The van der Waals surface area contributed by atoms with E-state index in [1.807, 2.05) is 29.2 Å². The number of hydrogen-bond acceptors (Lipinski definition) is 3. The van der Waals surface area contributed by atoms with Crippen LogP contribution in [-0.2, 0) is 0 Å². The molecule has 4 heteroatoms. The minimum atomic E-state index is 0.427. The largest absolute Gasteiger partial charge is 0.368 e. The van der Waals surface area contributed by atoms with Crippen molar-refractivity contribution >= 4 is 17.3 Å². The Morgan fingerprint density at radius 2 is 1.62 bits per heavy atom. The number of hydrogen-bond donors (Lipinski definition) is 0. The number of nitriles is 2. The molecule has 0 aliphatic heterocycles. The molecule has 0 fully saturated rings. The van der Waals surface area contributed by atoms with Crippen LogP contribution in [0, 0.1) is 22.7 Å². The van der Waals surface area contributed by atoms with E-state index < -0.39 is 0 Å². The fourth-order valence-electron chi connectivity index (χ4n) is 1.43. The first-order valence-electron chi connectivity index (χ1n) is 5.03. The van der Waals surface area contributed by atoms with Crippen LogP contribution in [0.5, 0.6) is 0 Å². The average Bonchev–Trinajstić information content (AvgIpc) is 2.31. The molecule has 0 aliphatic carbocycles. The van der Waals surface area contributed by atoms with Crippen LogP contribution in [0.2, 0.25) is 5.02 Å². The predicted molar refractivity (Wildman–Crippen MR) is 64.1 cm³/mol. The summed E-state index contributed by atoms with van der Waals surface area (Å²) in [5.41, 5.74) is 0.884. The highest BCUT2D eigenvalue weighted by Crippen LogP contribution is 2.25. The average molecular weight is 234 g/mol. The minimum absolute atomic E-state index is 0.427. The molecule has 16 heavy (non-hydrogen) atoms.